The van der Waals surface area contributed by atoms with Crippen LogP contribution in [0.1, 0.15) is 0 Å². The Balaban J connectivity index is 2.91. The topological polar surface area (TPSA) is 29.5 Å². The van der Waals surface area contributed by atoms with E-state index in [0.29, 0.717) is 18.7 Å². The highest BCUT2D eigenvalue weighted by Crippen LogP contribution is 2.24. The van der Waals surface area contributed by atoms with Crippen LogP contribution >= 0.6 is 0 Å². The Morgan fingerprint density at radius 3 is 2.93 bits per heavy atom. The van der Waals surface area contributed by atoms with Crippen molar-refractivity contribution in [2.45, 2.75) is 0 Å². The standard InChI is InChI=1S/C11H14FNO2/c1-8(12)10-9(5-4-6-15-3)7-13(2)11(10)14/h4-5H,1,6-7H2,2-3H3/b5-4-. The Labute approximate surface area is 88.5 Å². The first-order valence-electron chi connectivity index (χ1n) is 4.56. The zero-order chi connectivity index (χ0) is 11.4. The molecule has 3 nitrogen and oxygen atoms in total. The number of ether oxygens (including phenoxy) is 1. The predicted molar refractivity (Wildman–Crippen MR) is 55.9 cm³/mol. The second-order valence-corrected chi connectivity index (χ2v) is 3.32. The van der Waals surface area contributed by atoms with Gasteiger partial charge >= 0.3 is 0 Å². The van der Waals surface area contributed by atoms with E-state index in [4.69, 9.17) is 4.74 Å². The molecule has 0 aromatic heterocycles. The Morgan fingerprint density at radius 1 is 1.73 bits per heavy atom. The highest BCUT2D eigenvalue weighted by Gasteiger charge is 2.28. The smallest absolute Gasteiger partial charge is 0.257 e. The molecule has 15 heavy (non-hydrogen) atoms. The molecular formula is C11H14FNO2. The van der Waals surface area contributed by atoms with E-state index in [2.05, 4.69) is 6.58 Å². The number of rotatable bonds is 4. The van der Waals surface area contributed by atoms with Crippen molar-refractivity contribution in [3.63, 3.8) is 0 Å². The van der Waals surface area contributed by atoms with Gasteiger partial charge in [0.05, 0.1) is 12.2 Å². The van der Waals surface area contributed by atoms with Crippen molar-refractivity contribution in [1.82, 2.24) is 4.90 Å². The molecule has 0 spiro atoms. The Bertz CT molecular complexity index is 344. The summed E-state index contributed by atoms with van der Waals surface area (Å²) in [6.45, 7) is 4.02. The van der Waals surface area contributed by atoms with Crippen LogP contribution in [-0.2, 0) is 9.53 Å². The van der Waals surface area contributed by atoms with Crippen LogP contribution in [0, 0.1) is 0 Å². The van der Waals surface area contributed by atoms with E-state index in [1.54, 1.807) is 26.3 Å². The van der Waals surface area contributed by atoms with Gasteiger partial charge in [0.25, 0.3) is 5.91 Å². The van der Waals surface area contributed by atoms with Gasteiger partial charge in [0, 0.05) is 20.7 Å². The summed E-state index contributed by atoms with van der Waals surface area (Å²) in [5, 5.41) is 0. The fraction of sp³-hybridized carbons (Fsp3) is 0.364. The molecule has 0 bridgehead atoms. The number of nitrogens with zero attached hydrogens (tertiary/aromatic N) is 1. The van der Waals surface area contributed by atoms with Gasteiger partial charge in [-0.25, -0.2) is 4.39 Å². The Morgan fingerprint density at radius 2 is 2.40 bits per heavy atom. The fourth-order valence-electron chi connectivity index (χ4n) is 1.45. The van der Waals surface area contributed by atoms with Crippen LogP contribution in [0.15, 0.2) is 35.7 Å². The first kappa shape index (κ1) is 11.7. The summed E-state index contributed by atoms with van der Waals surface area (Å²) < 4.78 is 17.9. The van der Waals surface area contributed by atoms with E-state index in [9.17, 15) is 9.18 Å². The van der Waals surface area contributed by atoms with Gasteiger partial charge in [-0.3, -0.25) is 4.79 Å². The van der Waals surface area contributed by atoms with Crippen LogP contribution < -0.4 is 0 Å². The number of carbonyl (C=O) groups excluding carboxylic acids is 1. The van der Waals surface area contributed by atoms with Crippen molar-refractivity contribution in [2.75, 3.05) is 27.3 Å². The lowest BCUT2D eigenvalue weighted by Gasteiger charge is -2.06. The molecule has 0 aromatic rings. The van der Waals surface area contributed by atoms with Crippen molar-refractivity contribution in [2.24, 2.45) is 0 Å². The molecule has 0 aliphatic carbocycles. The summed E-state index contributed by atoms with van der Waals surface area (Å²) in [7, 11) is 3.20. The van der Waals surface area contributed by atoms with Gasteiger partial charge in [-0.1, -0.05) is 18.7 Å². The first-order valence-corrected chi connectivity index (χ1v) is 4.56. The average molecular weight is 211 g/mol. The molecule has 0 atom stereocenters. The summed E-state index contributed by atoms with van der Waals surface area (Å²) in [6, 6.07) is 0. The maximum Gasteiger partial charge on any atom is 0.257 e. The van der Waals surface area contributed by atoms with E-state index in [-0.39, 0.29) is 11.5 Å². The molecule has 0 radical (unpaired) electrons. The summed E-state index contributed by atoms with van der Waals surface area (Å²) in [5.74, 6) is -0.999. The van der Waals surface area contributed by atoms with Crippen LogP contribution in [0.4, 0.5) is 4.39 Å². The lowest BCUT2D eigenvalue weighted by Crippen LogP contribution is -2.21. The van der Waals surface area contributed by atoms with Crippen molar-refractivity contribution in [3.05, 3.63) is 35.7 Å². The van der Waals surface area contributed by atoms with Crippen LogP contribution in [0.3, 0.4) is 0 Å². The van der Waals surface area contributed by atoms with Crippen molar-refractivity contribution in [1.29, 1.82) is 0 Å². The molecule has 82 valence electrons. The number of hydrogen-bond donors (Lipinski definition) is 0. The molecule has 1 aliphatic heterocycles. The fourth-order valence-corrected chi connectivity index (χ4v) is 1.45. The third-order valence-corrected chi connectivity index (χ3v) is 2.14. The average Bonchev–Trinajstić information content (AvgIpc) is 2.43. The maximum absolute atomic E-state index is 13.0. The molecule has 0 fully saturated rings. The molecule has 0 aromatic carbocycles. The zero-order valence-corrected chi connectivity index (χ0v) is 8.92. The van der Waals surface area contributed by atoms with Gasteiger partial charge in [0.1, 0.15) is 5.83 Å². The van der Waals surface area contributed by atoms with Crippen molar-refractivity contribution in [3.8, 4) is 0 Å². The minimum Gasteiger partial charge on any atom is -0.381 e. The number of amides is 1. The lowest BCUT2D eigenvalue weighted by molar-refractivity contribution is -0.124. The summed E-state index contributed by atoms with van der Waals surface area (Å²) in [4.78, 5) is 12.9. The van der Waals surface area contributed by atoms with E-state index < -0.39 is 5.83 Å². The molecule has 0 N–H and O–H groups in total. The van der Waals surface area contributed by atoms with Crippen molar-refractivity contribution < 1.29 is 13.9 Å². The third kappa shape index (κ3) is 2.53. The second-order valence-electron chi connectivity index (χ2n) is 3.32. The van der Waals surface area contributed by atoms with Crippen molar-refractivity contribution >= 4 is 5.91 Å². The Hall–Kier alpha value is -1.42. The lowest BCUT2D eigenvalue weighted by atomic mass is 10.1. The van der Waals surface area contributed by atoms with E-state index in [1.807, 2.05) is 0 Å². The van der Waals surface area contributed by atoms with Gasteiger partial charge in [-0.05, 0) is 5.57 Å². The number of hydrogen-bond acceptors (Lipinski definition) is 2. The maximum atomic E-state index is 13.0. The molecule has 4 heteroatoms. The van der Waals surface area contributed by atoms with Crippen LogP contribution in [0.5, 0.6) is 0 Å². The molecule has 0 saturated carbocycles. The molecule has 1 amide bonds. The van der Waals surface area contributed by atoms with Gasteiger partial charge in [-0.2, -0.15) is 0 Å². The Kier molecular flexibility index (Phi) is 3.80. The minimum absolute atomic E-state index is 0.0739. The largest absolute Gasteiger partial charge is 0.381 e. The summed E-state index contributed by atoms with van der Waals surface area (Å²) in [6.07, 6.45) is 3.44. The van der Waals surface area contributed by atoms with Gasteiger partial charge in [0.2, 0.25) is 0 Å². The molecule has 0 saturated heterocycles. The molecule has 1 heterocycles. The highest BCUT2D eigenvalue weighted by atomic mass is 19.1. The molecular weight excluding hydrogens is 197 g/mol. The third-order valence-electron chi connectivity index (χ3n) is 2.14. The zero-order valence-electron chi connectivity index (χ0n) is 8.92. The number of carbonyl (C=O) groups is 1. The monoisotopic (exact) mass is 211 g/mol. The first-order chi connectivity index (χ1) is 7.07. The van der Waals surface area contributed by atoms with E-state index in [0.717, 1.165) is 0 Å². The molecule has 0 unspecified atom stereocenters. The van der Waals surface area contributed by atoms with Crippen LogP contribution in [-0.4, -0.2) is 38.1 Å². The SMILES string of the molecule is C=C(F)C1=C(/C=C\COC)CN(C)C1=O. The second kappa shape index (κ2) is 4.89. The molecule has 1 aliphatic rings. The number of likely N-dealkylation sites (N-methyl/N-ethyl adjacent to an activating group) is 1. The predicted octanol–water partition coefficient (Wildman–Crippen LogP) is 1.44. The van der Waals surface area contributed by atoms with Gasteiger partial charge < -0.3 is 9.64 Å². The van der Waals surface area contributed by atoms with Gasteiger partial charge in [0.15, 0.2) is 0 Å². The minimum atomic E-state index is -0.679. The van der Waals surface area contributed by atoms with E-state index >= 15 is 0 Å². The summed E-state index contributed by atoms with van der Waals surface area (Å²) in [5.41, 5.74) is 0.719. The number of methoxy groups -OCH3 is 1. The molecule has 1 rings (SSSR count). The van der Waals surface area contributed by atoms with Crippen LogP contribution in [0.25, 0.3) is 0 Å². The normalized spacial score (nSPS) is 17.0. The van der Waals surface area contributed by atoms with Gasteiger partial charge in [-0.15, -0.1) is 0 Å². The number of halogens is 1. The summed E-state index contributed by atoms with van der Waals surface area (Å²) >= 11 is 0. The van der Waals surface area contributed by atoms with Crippen LogP contribution in [0.2, 0.25) is 0 Å². The highest BCUT2D eigenvalue weighted by molar-refractivity contribution is 6.00. The van der Waals surface area contributed by atoms with E-state index in [1.165, 1.54) is 4.90 Å². The quantitative estimate of drug-likeness (QED) is 0.704.